The third kappa shape index (κ3) is 3.28. The highest BCUT2D eigenvalue weighted by molar-refractivity contribution is 7.14. The van der Waals surface area contributed by atoms with Crippen molar-refractivity contribution in [2.45, 2.75) is 19.9 Å². The number of thiophene rings is 1. The summed E-state index contributed by atoms with van der Waals surface area (Å²) in [6, 6.07) is 6.13. The summed E-state index contributed by atoms with van der Waals surface area (Å²) in [7, 11) is 2.00. The molecule has 22 heavy (non-hydrogen) atoms. The largest absolute Gasteiger partial charge is 0.350 e. The van der Waals surface area contributed by atoms with E-state index in [9.17, 15) is 4.79 Å². The van der Waals surface area contributed by atoms with Crippen molar-refractivity contribution >= 4 is 28.6 Å². The van der Waals surface area contributed by atoms with E-state index in [4.69, 9.17) is 0 Å². The molecule has 0 spiro atoms. The monoisotopic (exact) mass is 331 g/mol. The predicted molar refractivity (Wildman–Crippen MR) is 91.1 cm³/mol. The van der Waals surface area contributed by atoms with Gasteiger partial charge in [0.15, 0.2) is 0 Å². The third-order valence-electron chi connectivity index (χ3n) is 3.61. The lowest BCUT2D eigenvalue weighted by Crippen LogP contribution is -2.25. The van der Waals surface area contributed by atoms with Gasteiger partial charge in [-0.15, -0.1) is 11.3 Å². The third-order valence-corrected chi connectivity index (χ3v) is 5.23. The summed E-state index contributed by atoms with van der Waals surface area (Å²) in [6.07, 6.45) is 0.323. The summed E-state index contributed by atoms with van der Waals surface area (Å²) in [5.41, 5.74) is 4.24. The number of aromatic nitrogens is 2. The smallest absolute Gasteiger partial charge is 0.226 e. The van der Waals surface area contributed by atoms with E-state index in [1.54, 1.807) is 22.7 Å². The second kappa shape index (κ2) is 6.46. The Balaban J connectivity index is 1.57. The van der Waals surface area contributed by atoms with E-state index in [0.29, 0.717) is 13.0 Å². The molecule has 114 valence electrons. The summed E-state index contributed by atoms with van der Waals surface area (Å²) in [5, 5.41) is 9.99. The van der Waals surface area contributed by atoms with Crippen molar-refractivity contribution in [1.29, 1.82) is 0 Å². The first-order chi connectivity index (χ1) is 10.6. The van der Waals surface area contributed by atoms with Crippen LogP contribution in [-0.2, 0) is 24.8 Å². The maximum Gasteiger partial charge on any atom is 0.226 e. The number of rotatable bonds is 5. The van der Waals surface area contributed by atoms with Gasteiger partial charge in [-0.1, -0.05) is 0 Å². The minimum Gasteiger partial charge on any atom is -0.350 e. The predicted octanol–water partition coefficient (Wildman–Crippen LogP) is 3.38. The fourth-order valence-electron chi connectivity index (χ4n) is 2.17. The van der Waals surface area contributed by atoms with Crippen LogP contribution in [0.3, 0.4) is 0 Å². The van der Waals surface area contributed by atoms with Crippen molar-refractivity contribution in [2.24, 2.45) is 7.05 Å². The summed E-state index contributed by atoms with van der Waals surface area (Å²) in [5.74, 6) is 0.000946. The zero-order valence-corrected chi connectivity index (χ0v) is 14.1. The lowest BCUT2D eigenvalue weighted by Gasteiger charge is -2.06. The summed E-state index contributed by atoms with van der Waals surface area (Å²) in [6.45, 7) is 2.59. The molecule has 0 aliphatic carbocycles. The number of amides is 1. The van der Waals surface area contributed by atoms with Gasteiger partial charge in [0.2, 0.25) is 5.91 Å². The Morgan fingerprint density at radius 3 is 2.86 bits per heavy atom. The van der Waals surface area contributed by atoms with Crippen LogP contribution in [0.5, 0.6) is 0 Å². The Hall–Kier alpha value is -1.92. The van der Waals surface area contributed by atoms with Gasteiger partial charge in [-0.2, -0.15) is 11.3 Å². The highest BCUT2D eigenvalue weighted by Crippen LogP contribution is 2.25. The van der Waals surface area contributed by atoms with Gasteiger partial charge in [-0.05, 0) is 30.5 Å². The van der Waals surface area contributed by atoms with Crippen LogP contribution in [0.25, 0.3) is 10.6 Å². The number of hydrogen-bond donors (Lipinski definition) is 1. The molecule has 0 unspecified atom stereocenters. The van der Waals surface area contributed by atoms with Crippen LogP contribution in [0, 0.1) is 6.92 Å². The Kier molecular flexibility index (Phi) is 4.40. The quantitative estimate of drug-likeness (QED) is 0.779. The molecular weight excluding hydrogens is 314 g/mol. The number of nitrogens with zero attached hydrogens (tertiary/aromatic N) is 2. The first kappa shape index (κ1) is 15.0. The molecule has 0 aromatic carbocycles. The summed E-state index contributed by atoms with van der Waals surface area (Å²) in [4.78, 5) is 16.6. The van der Waals surface area contributed by atoms with Gasteiger partial charge in [0.25, 0.3) is 0 Å². The van der Waals surface area contributed by atoms with Gasteiger partial charge in [0, 0.05) is 34.8 Å². The van der Waals surface area contributed by atoms with E-state index in [1.165, 1.54) is 5.69 Å². The van der Waals surface area contributed by atoms with Gasteiger partial charge in [0.1, 0.15) is 5.01 Å². The second-order valence-electron chi connectivity index (χ2n) is 5.13. The molecular formula is C16H17N3OS2. The lowest BCUT2D eigenvalue weighted by molar-refractivity contribution is -0.120. The molecule has 0 radical (unpaired) electrons. The molecule has 4 nitrogen and oxygen atoms in total. The van der Waals surface area contributed by atoms with Crippen molar-refractivity contribution in [3.8, 4) is 10.6 Å². The molecule has 0 bridgehead atoms. The van der Waals surface area contributed by atoms with Crippen molar-refractivity contribution in [2.75, 3.05) is 0 Å². The molecule has 3 heterocycles. The van der Waals surface area contributed by atoms with E-state index >= 15 is 0 Å². The zero-order chi connectivity index (χ0) is 15.5. The zero-order valence-electron chi connectivity index (χ0n) is 12.5. The molecule has 0 aliphatic rings. The van der Waals surface area contributed by atoms with Crippen LogP contribution < -0.4 is 5.32 Å². The van der Waals surface area contributed by atoms with Crippen LogP contribution >= 0.6 is 22.7 Å². The minimum absolute atomic E-state index is 0.000946. The second-order valence-corrected chi connectivity index (χ2v) is 6.77. The molecule has 0 saturated heterocycles. The van der Waals surface area contributed by atoms with Crippen LogP contribution in [0.2, 0.25) is 0 Å². The minimum atomic E-state index is 0.000946. The van der Waals surface area contributed by atoms with E-state index in [-0.39, 0.29) is 5.91 Å². The van der Waals surface area contributed by atoms with Gasteiger partial charge in [0.05, 0.1) is 18.7 Å². The summed E-state index contributed by atoms with van der Waals surface area (Å²) >= 11 is 3.23. The first-order valence-corrected chi connectivity index (χ1v) is 8.80. The normalized spacial score (nSPS) is 10.8. The highest BCUT2D eigenvalue weighted by atomic mass is 32.1. The van der Waals surface area contributed by atoms with Crippen LogP contribution in [0.1, 0.15) is 17.1 Å². The Morgan fingerprint density at radius 1 is 1.32 bits per heavy atom. The van der Waals surface area contributed by atoms with Gasteiger partial charge < -0.3 is 9.88 Å². The molecule has 3 aromatic heterocycles. The molecule has 3 rings (SSSR count). The molecule has 0 fully saturated rings. The Bertz CT molecular complexity index is 771. The number of carbonyl (C=O) groups is 1. The topological polar surface area (TPSA) is 46.9 Å². The molecule has 3 aromatic rings. The van der Waals surface area contributed by atoms with Crippen LogP contribution in [-0.4, -0.2) is 15.5 Å². The standard InChI is InChI=1S/C16H17N3OS2/c1-11-3-4-14(19(11)2)8-17-15(20)7-13-10-22-16(18-13)12-5-6-21-9-12/h3-6,9-10H,7-8H2,1-2H3,(H,17,20). The fourth-order valence-corrected chi connectivity index (χ4v) is 3.70. The molecule has 1 N–H and O–H groups in total. The van der Waals surface area contributed by atoms with Gasteiger partial charge in [-0.3, -0.25) is 4.79 Å². The number of nitrogens with one attached hydrogen (secondary N) is 1. The average molecular weight is 331 g/mol. The van der Waals surface area contributed by atoms with Crippen molar-refractivity contribution in [1.82, 2.24) is 14.9 Å². The van der Waals surface area contributed by atoms with E-state index < -0.39 is 0 Å². The first-order valence-electron chi connectivity index (χ1n) is 6.98. The Morgan fingerprint density at radius 2 is 2.18 bits per heavy atom. The SMILES string of the molecule is Cc1ccc(CNC(=O)Cc2csc(-c3ccsc3)n2)n1C. The van der Waals surface area contributed by atoms with E-state index in [2.05, 4.69) is 26.3 Å². The fraction of sp³-hybridized carbons (Fsp3) is 0.250. The maximum absolute atomic E-state index is 12.0. The number of hydrogen-bond acceptors (Lipinski definition) is 4. The molecule has 6 heteroatoms. The molecule has 0 atom stereocenters. The van der Waals surface area contributed by atoms with Gasteiger partial charge in [-0.25, -0.2) is 4.98 Å². The maximum atomic E-state index is 12.0. The van der Waals surface area contributed by atoms with Crippen LogP contribution in [0.15, 0.2) is 34.3 Å². The molecule has 0 aliphatic heterocycles. The van der Waals surface area contributed by atoms with E-state index in [1.807, 2.05) is 36.9 Å². The van der Waals surface area contributed by atoms with Gasteiger partial charge >= 0.3 is 0 Å². The summed E-state index contributed by atoms with van der Waals surface area (Å²) < 4.78 is 2.08. The van der Waals surface area contributed by atoms with Crippen molar-refractivity contribution in [3.63, 3.8) is 0 Å². The number of thiazole rings is 1. The lowest BCUT2D eigenvalue weighted by atomic mass is 10.3. The average Bonchev–Trinajstić information content (AvgIpc) is 3.21. The number of aryl methyl sites for hydroxylation is 1. The van der Waals surface area contributed by atoms with Crippen molar-refractivity contribution < 1.29 is 4.79 Å². The van der Waals surface area contributed by atoms with E-state index in [0.717, 1.165) is 22.0 Å². The van der Waals surface area contributed by atoms with Crippen LogP contribution in [0.4, 0.5) is 0 Å². The molecule has 0 saturated carbocycles. The number of carbonyl (C=O) groups excluding carboxylic acids is 1. The Labute approximate surface area is 137 Å². The van der Waals surface area contributed by atoms with Crippen molar-refractivity contribution in [3.05, 3.63) is 51.4 Å². The highest BCUT2D eigenvalue weighted by Gasteiger charge is 2.10. The molecule has 1 amide bonds.